The van der Waals surface area contributed by atoms with Gasteiger partial charge >= 0.3 is 0 Å². The molecule has 3 saturated carbocycles. The molecule has 278 valence electrons. The predicted octanol–water partition coefficient (Wildman–Crippen LogP) is 7.72. The first kappa shape index (κ1) is 38.2. The molecule has 0 heterocycles. The van der Waals surface area contributed by atoms with Crippen LogP contribution in [0, 0.1) is 0 Å². The van der Waals surface area contributed by atoms with Crippen LogP contribution in [0.4, 0.5) is 0 Å². The van der Waals surface area contributed by atoms with E-state index in [1.54, 1.807) is 7.11 Å². The third kappa shape index (κ3) is 7.35. The highest BCUT2D eigenvalue weighted by Crippen LogP contribution is 2.46. The van der Waals surface area contributed by atoms with Crippen molar-refractivity contribution < 1.29 is 19.1 Å². The van der Waals surface area contributed by atoms with Crippen LogP contribution in [0.2, 0.25) is 0 Å². The zero-order valence-corrected chi connectivity index (χ0v) is 31.9. The van der Waals surface area contributed by atoms with Gasteiger partial charge in [0.2, 0.25) is 0 Å². The van der Waals surface area contributed by atoms with Gasteiger partial charge in [0, 0.05) is 44.0 Å². The first-order valence-corrected chi connectivity index (χ1v) is 19.7. The average Bonchev–Trinajstić information content (AvgIpc) is 3.14. The normalized spacial score (nSPS) is 28.5. The van der Waals surface area contributed by atoms with Crippen molar-refractivity contribution >= 4 is 17.3 Å². The second-order valence-corrected chi connectivity index (χ2v) is 16.1. The van der Waals surface area contributed by atoms with Crippen molar-refractivity contribution in [1.29, 1.82) is 0 Å². The average molecular weight is 706 g/mol. The van der Waals surface area contributed by atoms with Gasteiger partial charge in [-0.1, -0.05) is 85.3 Å². The molecular formula is C45H59N3O4. The Morgan fingerprint density at radius 2 is 1.15 bits per heavy atom. The maximum atomic E-state index is 15.1. The van der Waals surface area contributed by atoms with Gasteiger partial charge < -0.3 is 4.74 Å². The van der Waals surface area contributed by atoms with E-state index in [0.29, 0.717) is 26.0 Å². The fourth-order valence-electron chi connectivity index (χ4n) is 9.65. The second kappa shape index (κ2) is 16.3. The van der Waals surface area contributed by atoms with E-state index < -0.39 is 16.6 Å². The second-order valence-electron chi connectivity index (χ2n) is 16.1. The molecule has 7 nitrogen and oxygen atoms in total. The van der Waals surface area contributed by atoms with E-state index in [0.717, 1.165) is 79.2 Å². The zero-order valence-electron chi connectivity index (χ0n) is 31.9. The third-order valence-corrected chi connectivity index (χ3v) is 11.9. The Hall–Kier alpha value is -3.49. The van der Waals surface area contributed by atoms with Gasteiger partial charge in [0.25, 0.3) is 0 Å². The standard InChI is InChI=1S/C45H59N3O4/c1-31(2)47-43(24-10-9-23-40(43)49)36-19-11-15-33(29-36)39-22-14-26-45(42(39)51,48-32(3)4)37-20-12-16-34(30-37)38-21-13-25-44(41(38)50,46-27-28-52-5)35-17-7-6-8-18-35/h6-8,11-12,15-20,29-32,38-39,46-48H,9-10,13-14,21-28H2,1-5H3/t38?,39?,43-,44-,45+/m1/s1. The van der Waals surface area contributed by atoms with Crippen molar-refractivity contribution in [3.63, 3.8) is 0 Å². The number of methoxy groups -OCH3 is 1. The molecule has 52 heavy (non-hydrogen) atoms. The topological polar surface area (TPSA) is 96.5 Å². The lowest BCUT2D eigenvalue weighted by molar-refractivity contribution is -0.130. The summed E-state index contributed by atoms with van der Waals surface area (Å²) in [4.78, 5) is 43.5. The molecule has 0 radical (unpaired) electrons. The highest BCUT2D eigenvalue weighted by atomic mass is 16.5. The van der Waals surface area contributed by atoms with E-state index in [2.05, 4.69) is 92.2 Å². The fraction of sp³-hybridized carbons (Fsp3) is 0.533. The summed E-state index contributed by atoms with van der Waals surface area (Å²) >= 11 is 0. The molecule has 3 aromatic rings. The highest BCUT2D eigenvalue weighted by molar-refractivity contribution is 5.98. The van der Waals surface area contributed by atoms with E-state index in [1.165, 1.54) is 0 Å². The summed E-state index contributed by atoms with van der Waals surface area (Å²) in [6.45, 7) is 9.49. The molecular weight excluding hydrogens is 647 g/mol. The minimum absolute atomic E-state index is 0.0584. The number of benzene rings is 3. The van der Waals surface area contributed by atoms with Crippen molar-refractivity contribution in [1.82, 2.24) is 16.0 Å². The molecule has 7 heteroatoms. The summed E-state index contributed by atoms with van der Waals surface area (Å²) < 4.78 is 5.37. The lowest BCUT2D eigenvalue weighted by atomic mass is 9.66. The van der Waals surface area contributed by atoms with Crippen LogP contribution in [0.1, 0.15) is 132 Å². The molecule has 0 aliphatic heterocycles. The Labute approximate surface area is 311 Å². The SMILES string of the molecule is COCCN[C@@]1(c2ccccc2)CCCC(c2cccc([C@@]3(NC(C)C)CCCC(c4cccc([C@]5(NC(C)C)CCCCC5=O)c4)C3=O)c2)C1=O. The van der Waals surface area contributed by atoms with Gasteiger partial charge in [-0.05, 0) is 107 Å². The molecule has 3 aliphatic rings. The Morgan fingerprint density at radius 3 is 1.73 bits per heavy atom. The Bertz CT molecular complexity index is 1720. The van der Waals surface area contributed by atoms with Gasteiger partial charge in [0.05, 0.1) is 6.61 Å². The van der Waals surface area contributed by atoms with Crippen LogP contribution in [0.3, 0.4) is 0 Å². The largest absolute Gasteiger partial charge is 0.383 e. The summed E-state index contributed by atoms with van der Waals surface area (Å²) in [5.74, 6) is -0.0312. The molecule has 2 unspecified atom stereocenters. The number of hydrogen-bond donors (Lipinski definition) is 3. The molecule has 3 aromatic carbocycles. The number of nitrogens with one attached hydrogen (secondary N) is 3. The summed E-state index contributed by atoms with van der Waals surface area (Å²) in [7, 11) is 1.68. The van der Waals surface area contributed by atoms with Gasteiger partial charge in [-0.25, -0.2) is 0 Å². The quantitative estimate of drug-likeness (QED) is 0.157. The molecule has 3 N–H and O–H groups in total. The number of rotatable bonds is 13. The number of ether oxygens (including phenoxy) is 1. The molecule has 0 aromatic heterocycles. The van der Waals surface area contributed by atoms with Crippen molar-refractivity contribution in [3.05, 3.63) is 107 Å². The minimum atomic E-state index is -0.900. The van der Waals surface area contributed by atoms with E-state index >= 15 is 4.79 Å². The fourth-order valence-corrected chi connectivity index (χ4v) is 9.65. The molecule has 0 saturated heterocycles. The number of carbonyl (C=O) groups is 3. The maximum Gasteiger partial charge on any atom is 0.164 e. The molecule has 3 fully saturated rings. The summed E-state index contributed by atoms with van der Waals surface area (Å²) in [5, 5.41) is 11.0. The zero-order chi connectivity index (χ0) is 36.9. The van der Waals surface area contributed by atoms with E-state index in [1.807, 2.05) is 30.3 Å². The van der Waals surface area contributed by atoms with Gasteiger partial charge in [-0.3, -0.25) is 30.3 Å². The van der Waals surface area contributed by atoms with Crippen molar-refractivity contribution in [2.45, 2.75) is 132 Å². The van der Waals surface area contributed by atoms with Crippen LogP contribution in [0.5, 0.6) is 0 Å². The molecule has 0 bridgehead atoms. The smallest absolute Gasteiger partial charge is 0.164 e. The Kier molecular flexibility index (Phi) is 12.0. The number of Topliss-reactive ketones (excluding diaryl/α,β-unsaturated/α-hetero) is 3. The maximum absolute atomic E-state index is 15.1. The van der Waals surface area contributed by atoms with Gasteiger partial charge in [0.1, 0.15) is 16.6 Å². The summed E-state index contributed by atoms with van der Waals surface area (Å²) in [6, 6.07) is 27.0. The van der Waals surface area contributed by atoms with E-state index in [-0.39, 0.29) is 41.3 Å². The van der Waals surface area contributed by atoms with Crippen LogP contribution in [-0.2, 0) is 35.7 Å². The van der Waals surface area contributed by atoms with Crippen LogP contribution >= 0.6 is 0 Å². The molecule has 0 amide bonds. The Morgan fingerprint density at radius 1 is 0.635 bits per heavy atom. The number of carbonyl (C=O) groups excluding carboxylic acids is 3. The van der Waals surface area contributed by atoms with Crippen LogP contribution in [-0.4, -0.2) is 49.7 Å². The molecule has 5 atom stereocenters. The monoisotopic (exact) mass is 705 g/mol. The highest BCUT2D eigenvalue weighted by Gasteiger charge is 2.49. The number of hydrogen-bond acceptors (Lipinski definition) is 7. The van der Waals surface area contributed by atoms with Crippen LogP contribution in [0.15, 0.2) is 78.9 Å². The Balaban J connectivity index is 1.36. The van der Waals surface area contributed by atoms with Crippen LogP contribution in [0.25, 0.3) is 0 Å². The summed E-state index contributed by atoms with van der Waals surface area (Å²) in [5.41, 5.74) is 2.42. The van der Waals surface area contributed by atoms with Crippen LogP contribution < -0.4 is 16.0 Å². The molecule has 3 aliphatic carbocycles. The molecule has 6 rings (SSSR count). The first-order chi connectivity index (χ1) is 25.1. The predicted molar refractivity (Wildman–Crippen MR) is 207 cm³/mol. The van der Waals surface area contributed by atoms with Crippen molar-refractivity contribution in [3.8, 4) is 0 Å². The van der Waals surface area contributed by atoms with Crippen molar-refractivity contribution in [2.24, 2.45) is 0 Å². The van der Waals surface area contributed by atoms with Gasteiger partial charge in [-0.15, -0.1) is 0 Å². The summed E-state index contributed by atoms with van der Waals surface area (Å²) in [6.07, 6.45) is 7.98. The lowest BCUT2D eigenvalue weighted by Gasteiger charge is -2.43. The van der Waals surface area contributed by atoms with Crippen molar-refractivity contribution in [2.75, 3.05) is 20.3 Å². The number of ketones is 3. The minimum Gasteiger partial charge on any atom is -0.383 e. The first-order valence-electron chi connectivity index (χ1n) is 19.7. The molecule has 0 spiro atoms. The van der Waals surface area contributed by atoms with Gasteiger partial charge in [-0.2, -0.15) is 0 Å². The van der Waals surface area contributed by atoms with E-state index in [9.17, 15) is 9.59 Å². The van der Waals surface area contributed by atoms with E-state index in [4.69, 9.17) is 4.74 Å². The lowest BCUT2D eigenvalue weighted by Crippen LogP contribution is -2.56. The third-order valence-electron chi connectivity index (χ3n) is 11.9. The van der Waals surface area contributed by atoms with Gasteiger partial charge in [0.15, 0.2) is 17.3 Å².